The van der Waals surface area contributed by atoms with Gasteiger partial charge in [0.1, 0.15) is 29.7 Å². The minimum Gasteiger partial charge on any atom is -0.486 e. The Morgan fingerprint density at radius 2 is 1.85 bits per heavy atom. The Morgan fingerprint density at radius 1 is 1.03 bits per heavy atom. The molecule has 0 aliphatic carbocycles. The number of pyridine rings is 1. The third-order valence-electron chi connectivity index (χ3n) is 5.41. The number of hydrogen-bond donors (Lipinski definition) is 1. The van der Waals surface area contributed by atoms with E-state index in [4.69, 9.17) is 9.47 Å². The zero-order valence-corrected chi connectivity index (χ0v) is 19.5. The number of ether oxygens (including phenoxy) is 2. The summed E-state index contributed by atoms with van der Waals surface area (Å²) in [5.41, 5.74) is 0.804. The van der Waals surface area contributed by atoms with Crippen molar-refractivity contribution in [3.05, 3.63) is 55.1 Å². The maximum absolute atomic E-state index is 5.98. The van der Waals surface area contributed by atoms with Crippen molar-refractivity contribution in [2.75, 3.05) is 18.4 Å². The van der Waals surface area contributed by atoms with Crippen LogP contribution in [-0.4, -0.2) is 54.9 Å². The molecule has 0 radical (unpaired) electrons. The number of fused-ring (bicyclic) bond motifs is 1. The van der Waals surface area contributed by atoms with Gasteiger partial charge in [0.2, 0.25) is 5.88 Å². The lowest BCUT2D eigenvalue weighted by Gasteiger charge is -2.41. The first-order valence-corrected chi connectivity index (χ1v) is 10.6. The third-order valence-corrected chi connectivity index (χ3v) is 5.41. The van der Waals surface area contributed by atoms with Gasteiger partial charge in [-0.05, 0) is 38.1 Å². The molecule has 1 fully saturated rings. The number of aromatic nitrogens is 5. The average Bonchev–Trinajstić information content (AvgIpc) is 3.16. The molecule has 1 aliphatic heterocycles. The highest BCUT2D eigenvalue weighted by molar-refractivity contribution is 5.91. The second-order valence-electron chi connectivity index (χ2n) is 8.12. The van der Waals surface area contributed by atoms with Gasteiger partial charge in [0, 0.05) is 49.9 Å². The van der Waals surface area contributed by atoms with E-state index < -0.39 is 0 Å². The van der Waals surface area contributed by atoms with E-state index in [1.165, 1.54) is 6.33 Å². The molecule has 0 amide bonds. The van der Waals surface area contributed by atoms with Crippen molar-refractivity contribution >= 4 is 34.9 Å². The summed E-state index contributed by atoms with van der Waals surface area (Å²) in [7, 11) is 1.87. The van der Waals surface area contributed by atoms with Crippen molar-refractivity contribution < 1.29 is 9.47 Å². The fourth-order valence-corrected chi connectivity index (χ4v) is 3.58. The van der Waals surface area contributed by atoms with Gasteiger partial charge in [-0.3, -0.25) is 9.58 Å². The normalized spacial score (nSPS) is 14.1. The quantitative estimate of drug-likeness (QED) is 0.432. The van der Waals surface area contributed by atoms with Crippen molar-refractivity contribution in [3.63, 3.8) is 0 Å². The van der Waals surface area contributed by atoms with Crippen LogP contribution in [0.4, 0.5) is 11.6 Å². The van der Waals surface area contributed by atoms with Gasteiger partial charge >= 0.3 is 0 Å². The highest BCUT2D eigenvalue weighted by atomic mass is 35.5. The van der Waals surface area contributed by atoms with Gasteiger partial charge in [-0.15, -0.1) is 12.4 Å². The maximum Gasteiger partial charge on any atom is 0.219 e. The number of anilines is 2. The molecule has 1 aliphatic rings. The smallest absolute Gasteiger partial charge is 0.219 e. The van der Waals surface area contributed by atoms with Crippen LogP contribution in [0.2, 0.25) is 0 Å². The van der Waals surface area contributed by atoms with Crippen LogP contribution in [0.3, 0.4) is 0 Å². The summed E-state index contributed by atoms with van der Waals surface area (Å²) < 4.78 is 13.7. The fraction of sp³-hybridized carbons (Fsp3) is 0.304. The highest BCUT2D eigenvalue weighted by Gasteiger charge is 2.30. The molecule has 1 aromatic carbocycles. The Hall–Kier alpha value is -3.43. The third kappa shape index (κ3) is 5.15. The van der Waals surface area contributed by atoms with Crippen LogP contribution in [-0.2, 0) is 7.05 Å². The maximum atomic E-state index is 5.98. The van der Waals surface area contributed by atoms with E-state index in [0.717, 1.165) is 29.7 Å². The SMILES string of the molecule is CC(C)N1CC(Oc2ccc(Oc3ccc4ncnc(Nc5ccn(C)n5)c4c3)nc2)C1.Cl. The Bertz CT molecular complexity index is 1220. The molecular weight excluding hydrogens is 442 g/mol. The lowest BCUT2D eigenvalue weighted by atomic mass is 10.1. The molecule has 9 nitrogen and oxygen atoms in total. The van der Waals surface area contributed by atoms with Gasteiger partial charge in [-0.1, -0.05) is 0 Å². The first kappa shape index (κ1) is 22.8. The summed E-state index contributed by atoms with van der Waals surface area (Å²) in [5.74, 6) is 3.25. The molecule has 0 spiro atoms. The summed E-state index contributed by atoms with van der Waals surface area (Å²) in [6.07, 6.45) is 5.31. The largest absolute Gasteiger partial charge is 0.486 e. The second kappa shape index (κ2) is 9.60. The van der Waals surface area contributed by atoms with Crippen LogP contribution in [0.15, 0.2) is 55.1 Å². The number of halogens is 1. The van der Waals surface area contributed by atoms with E-state index in [0.29, 0.717) is 29.3 Å². The average molecular weight is 468 g/mol. The summed E-state index contributed by atoms with van der Waals surface area (Å²) in [4.78, 5) is 15.5. The molecular formula is C23H26ClN7O2. The van der Waals surface area contributed by atoms with E-state index in [-0.39, 0.29) is 18.5 Å². The molecule has 172 valence electrons. The monoisotopic (exact) mass is 467 g/mol. The first-order valence-electron chi connectivity index (χ1n) is 10.6. The number of nitrogens with one attached hydrogen (secondary N) is 1. The minimum absolute atomic E-state index is 0. The number of hydrogen-bond acceptors (Lipinski definition) is 8. The Morgan fingerprint density at radius 3 is 2.55 bits per heavy atom. The Balaban J connectivity index is 0.00000259. The number of rotatable bonds is 7. The van der Waals surface area contributed by atoms with Crippen LogP contribution in [0.5, 0.6) is 17.4 Å². The molecule has 1 saturated heterocycles. The van der Waals surface area contributed by atoms with E-state index in [2.05, 4.69) is 44.1 Å². The van der Waals surface area contributed by atoms with Gasteiger partial charge in [-0.25, -0.2) is 15.0 Å². The van der Waals surface area contributed by atoms with Crippen molar-refractivity contribution in [1.82, 2.24) is 29.6 Å². The Kier molecular flexibility index (Phi) is 6.62. The van der Waals surface area contributed by atoms with Crippen LogP contribution in [0, 0.1) is 0 Å². The van der Waals surface area contributed by atoms with E-state index in [1.807, 2.05) is 49.6 Å². The molecule has 33 heavy (non-hydrogen) atoms. The molecule has 0 bridgehead atoms. The van der Waals surface area contributed by atoms with E-state index in [1.54, 1.807) is 10.9 Å². The minimum atomic E-state index is 0. The molecule has 0 atom stereocenters. The van der Waals surface area contributed by atoms with Gasteiger partial charge in [0.15, 0.2) is 5.82 Å². The molecule has 1 N–H and O–H groups in total. The zero-order chi connectivity index (χ0) is 22.1. The van der Waals surface area contributed by atoms with Crippen LogP contribution < -0.4 is 14.8 Å². The molecule has 4 aromatic rings. The second-order valence-corrected chi connectivity index (χ2v) is 8.12. The van der Waals surface area contributed by atoms with Gasteiger partial charge in [0.05, 0.1) is 11.7 Å². The molecule has 4 heterocycles. The van der Waals surface area contributed by atoms with Crippen molar-refractivity contribution in [2.45, 2.75) is 26.0 Å². The number of likely N-dealkylation sites (tertiary alicyclic amines) is 1. The summed E-state index contributed by atoms with van der Waals surface area (Å²) in [6.45, 7) is 6.29. The first-order chi connectivity index (χ1) is 15.5. The van der Waals surface area contributed by atoms with Crippen molar-refractivity contribution in [1.29, 1.82) is 0 Å². The lowest BCUT2D eigenvalue weighted by Crippen LogP contribution is -2.56. The van der Waals surface area contributed by atoms with E-state index in [9.17, 15) is 0 Å². The van der Waals surface area contributed by atoms with Crippen LogP contribution in [0.25, 0.3) is 10.9 Å². The van der Waals surface area contributed by atoms with Crippen LogP contribution in [0.1, 0.15) is 13.8 Å². The number of benzene rings is 1. The van der Waals surface area contributed by atoms with E-state index >= 15 is 0 Å². The van der Waals surface area contributed by atoms with Gasteiger partial charge in [-0.2, -0.15) is 5.10 Å². The summed E-state index contributed by atoms with van der Waals surface area (Å²) in [5, 5.41) is 8.40. The summed E-state index contributed by atoms with van der Waals surface area (Å²) in [6, 6.07) is 11.8. The van der Waals surface area contributed by atoms with Crippen LogP contribution >= 0.6 is 12.4 Å². The van der Waals surface area contributed by atoms with Crippen molar-refractivity contribution in [3.8, 4) is 17.4 Å². The summed E-state index contributed by atoms with van der Waals surface area (Å²) >= 11 is 0. The van der Waals surface area contributed by atoms with Gasteiger partial charge in [0.25, 0.3) is 0 Å². The number of aryl methyl sites for hydroxylation is 1. The standard InChI is InChI=1S/C23H25N7O2.ClH/c1-15(2)30-12-18(13-30)31-17-5-7-22(24-11-17)32-16-4-6-20-19(10-16)23(26-14-25-20)27-21-8-9-29(3)28-21;/h4-11,14-15,18H,12-13H2,1-3H3,(H,25,26,27,28);1H. The Labute approximate surface area is 198 Å². The molecule has 0 unspecified atom stereocenters. The molecule has 10 heteroatoms. The lowest BCUT2D eigenvalue weighted by molar-refractivity contribution is -0.0000681. The predicted molar refractivity (Wildman–Crippen MR) is 129 cm³/mol. The molecule has 0 saturated carbocycles. The molecule has 5 rings (SSSR count). The van der Waals surface area contributed by atoms with Crippen molar-refractivity contribution in [2.24, 2.45) is 7.05 Å². The fourth-order valence-electron chi connectivity index (χ4n) is 3.58. The predicted octanol–water partition coefficient (Wildman–Crippen LogP) is 4.19. The topological polar surface area (TPSA) is 90.2 Å². The number of nitrogens with zero attached hydrogens (tertiary/aromatic N) is 6. The zero-order valence-electron chi connectivity index (χ0n) is 18.7. The highest BCUT2D eigenvalue weighted by Crippen LogP contribution is 2.29. The van der Waals surface area contributed by atoms with Gasteiger partial charge < -0.3 is 14.8 Å². The molecule has 3 aromatic heterocycles.